The summed E-state index contributed by atoms with van der Waals surface area (Å²) in [6, 6.07) is 8.15. The van der Waals surface area contributed by atoms with E-state index < -0.39 is 0 Å². The maximum absolute atomic E-state index is 5.86. The number of ether oxygens (including phenoxy) is 1. The van der Waals surface area contributed by atoms with Crippen molar-refractivity contribution in [1.29, 1.82) is 0 Å². The van der Waals surface area contributed by atoms with Crippen molar-refractivity contribution in [3.8, 4) is 5.75 Å². The van der Waals surface area contributed by atoms with Crippen molar-refractivity contribution >= 4 is 17.5 Å². The summed E-state index contributed by atoms with van der Waals surface area (Å²) in [6.45, 7) is 4.99. The van der Waals surface area contributed by atoms with Crippen LogP contribution in [0.2, 0.25) is 0 Å². The van der Waals surface area contributed by atoms with E-state index in [1.54, 1.807) is 18.0 Å². The second-order valence-electron chi connectivity index (χ2n) is 4.27. The average molecular weight is 288 g/mol. The number of benzene rings is 1. The Morgan fingerprint density at radius 1 is 1.35 bits per heavy atom. The number of aromatic nitrogens is 2. The highest BCUT2D eigenvalue weighted by Crippen LogP contribution is 2.29. The van der Waals surface area contributed by atoms with Crippen LogP contribution in [0.3, 0.4) is 0 Å². The predicted molar refractivity (Wildman–Crippen MR) is 86.0 cm³/mol. The van der Waals surface area contributed by atoms with Gasteiger partial charge in [-0.3, -0.25) is 0 Å². The van der Waals surface area contributed by atoms with Gasteiger partial charge in [0, 0.05) is 18.0 Å². The summed E-state index contributed by atoms with van der Waals surface area (Å²) in [6.07, 6.45) is 6.57. The number of para-hydroxylation sites is 1. The van der Waals surface area contributed by atoms with Crippen LogP contribution >= 0.6 is 11.8 Å². The first kappa shape index (κ1) is 14.7. The second-order valence-corrected chi connectivity index (χ2v) is 5.42. The van der Waals surface area contributed by atoms with E-state index in [1.807, 2.05) is 35.3 Å². The molecule has 0 saturated carbocycles. The Bertz CT molecular complexity index is 549. The molecule has 4 heteroatoms. The lowest BCUT2D eigenvalue weighted by Gasteiger charge is -2.14. The molecular weight excluding hydrogens is 268 g/mol. The van der Waals surface area contributed by atoms with E-state index in [0.717, 1.165) is 35.8 Å². The molecule has 1 aromatic heterocycles. The van der Waals surface area contributed by atoms with Gasteiger partial charge in [-0.1, -0.05) is 26.0 Å². The zero-order valence-corrected chi connectivity index (χ0v) is 12.8. The number of nitrogens with zero attached hydrogens (tertiary/aromatic N) is 2. The molecule has 106 valence electrons. The Morgan fingerprint density at radius 2 is 2.20 bits per heavy atom. The van der Waals surface area contributed by atoms with Gasteiger partial charge in [-0.05, 0) is 29.7 Å². The number of hydrogen-bond donors (Lipinski definition) is 0. The molecule has 0 spiro atoms. The summed E-state index contributed by atoms with van der Waals surface area (Å²) >= 11 is 1.78. The zero-order valence-electron chi connectivity index (χ0n) is 12.0. The van der Waals surface area contributed by atoms with Crippen LogP contribution in [0.5, 0.6) is 5.75 Å². The first-order chi connectivity index (χ1) is 9.86. The van der Waals surface area contributed by atoms with Crippen molar-refractivity contribution < 1.29 is 4.74 Å². The van der Waals surface area contributed by atoms with E-state index in [4.69, 9.17) is 4.74 Å². The molecular formula is C16H20N2OS. The fourth-order valence-electron chi connectivity index (χ4n) is 1.84. The minimum atomic E-state index is 0.731. The summed E-state index contributed by atoms with van der Waals surface area (Å²) in [4.78, 5) is 4.14. The fourth-order valence-corrected chi connectivity index (χ4v) is 2.42. The lowest BCUT2D eigenvalue weighted by molar-refractivity contribution is 0.316. The summed E-state index contributed by atoms with van der Waals surface area (Å²) in [7, 11) is 0. The molecule has 3 nitrogen and oxygen atoms in total. The molecule has 2 aromatic rings. The van der Waals surface area contributed by atoms with E-state index >= 15 is 0 Å². The minimum Gasteiger partial charge on any atom is -0.493 e. The van der Waals surface area contributed by atoms with Crippen LogP contribution in [-0.4, -0.2) is 21.9 Å². The molecule has 0 bridgehead atoms. The molecule has 0 aliphatic carbocycles. The highest BCUT2D eigenvalue weighted by atomic mass is 32.2. The van der Waals surface area contributed by atoms with Gasteiger partial charge in [0.1, 0.15) is 5.75 Å². The normalized spacial score (nSPS) is 11.6. The Balaban J connectivity index is 2.38. The Hall–Kier alpha value is -1.68. The van der Waals surface area contributed by atoms with Crippen LogP contribution in [0, 0.1) is 0 Å². The Labute approximate surface area is 124 Å². The van der Waals surface area contributed by atoms with Gasteiger partial charge in [0.05, 0.1) is 18.6 Å². The summed E-state index contributed by atoms with van der Waals surface area (Å²) in [5.41, 5.74) is 2.20. The highest BCUT2D eigenvalue weighted by Gasteiger charge is 2.10. The van der Waals surface area contributed by atoms with Gasteiger partial charge in [0.15, 0.2) is 0 Å². The molecule has 0 aliphatic heterocycles. The van der Waals surface area contributed by atoms with E-state index in [-0.39, 0.29) is 0 Å². The molecule has 0 amide bonds. The summed E-state index contributed by atoms with van der Waals surface area (Å²) in [5, 5.41) is 2.16. The third-order valence-electron chi connectivity index (χ3n) is 2.77. The van der Waals surface area contributed by atoms with Gasteiger partial charge in [-0.15, -0.1) is 11.8 Å². The monoisotopic (exact) mass is 288 g/mol. The molecule has 0 saturated heterocycles. The van der Waals surface area contributed by atoms with Gasteiger partial charge in [0.25, 0.3) is 0 Å². The van der Waals surface area contributed by atoms with Crippen LogP contribution in [0.25, 0.3) is 5.70 Å². The van der Waals surface area contributed by atoms with E-state index in [2.05, 4.69) is 30.3 Å². The summed E-state index contributed by atoms with van der Waals surface area (Å²) in [5.74, 6) is 1.96. The largest absolute Gasteiger partial charge is 0.493 e. The van der Waals surface area contributed by atoms with Crippen molar-refractivity contribution in [1.82, 2.24) is 9.55 Å². The van der Waals surface area contributed by atoms with Crippen molar-refractivity contribution in [2.24, 2.45) is 0 Å². The fraction of sp³-hybridized carbons (Fsp3) is 0.312. The minimum absolute atomic E-state index is 0.731. The third-order valence-corrected chi connectivity index (χ3v) is 3.49. The molecule has 2 rings (SSSR count). The van der Waals surface area contributed by atoms with E-state index in [0.29, 0.717) is 0 Å². The van der Waals surface area contributed by atoms with Gasteiger partial charge in [0.2, 0.25) is 0 Å². The van der Waals surface area contributed by atoms with Gasteiger partial charge in [-0.25, -0.2) is 4.98 Å². The average Bonchev–Trinajstić information content (AvgIpc) is 3.01. The van der Waals surface area contributed by atoms with E-state index in [9.17, 15) is 0 Å². The van der Waals surface area contributed by atoms with Crippen LogP contribution in [0.1, 0.15) is 25.8 Å². The Morgan fingerprint density at radius 3 is 2.90 bits per heavy atom. The van der Waals surface area contributed by atoms with Gasteiger partial charge < -0.3 is 9.30 Å². The van der Waals surface area contributed by atoms with Crippen molar-refractivity contribution in [3.63, 3.8) is 0 Å². The lowest BCUT2D eigenvalue weighted by Crippen LogP contribution is -2.02. The standard InChI is InChI=1S/C16H20N2OS/c1-3-11-19-16-8-6-5-7-14(16)15(12-20-4-2)18-10-9-17-13-18/h5-10,12-13H,3-4,11H2,1-2H3/b15-12+. The molecule has 0 aliphatic rings. The second kappa shape index (κ2) is 7.80. The number of rotatable bonds is 7. The van der Waals surface area contributed by atoms with Gasteiger partial charge >= 0.3 is 0 Å². The van der Waals surface area contributed by atoms with Crippen molar-refractivity contribution in [2.45, 2.75) is 20.3 Å². The summed E-state index contributed by atoms with van der Waals surface area (Å²) < 4.78 is 7.89. The number of imidazole rings is 1. The molecule has 0 fully saturated rings. The van der Waals surface area contributed by atoms with Crippen LogP contribution in [0.15, 0.2) is 48.4 Å². The molecule has 0 radical (unpaired) electrons. The van der Waals surface area contributed by atoms with Crippen LogP contribution in [0.4, 0.5) is 0 Å². The number of thioether (sulfide) groups is 1. The van der Waals surface area contributed by atoms with Crippen molar-refractivity contribution in [3.05, 3.63) is 54.0 Å². The molecule has 1 aromatic carbocycles. The van der Waals surface area contributed by atoms with E-state index in [1.165, 1.54) is 0 Å². The quantitative estimate of drug-likeness (QED) is 0.761. The first-order valence-corrected chi connectivity index (χ1v) is 7.94. The highest BCUT2D eigenvalue weighted by molar-refractivity contribution is 8.02. The number of hydrogen-bond acceptors (Lipinski definition) is 3. The van der Waals surface area contributed by atoms with Crippen molar-refractivity contribution in [2.75, 3.05) is 12.4 Å². The lowest BCUT2D eigenvalue weighted by atomic mass is 10.1. The maximum Gasteiger partial charge on any atom is 0.128 e. The molecule has 1 heterocycles. The SMILES string of the molecule is CCCOc1ccccc1/C(=C\SCC)n1ccnc1. The molecule has 20 heavy (non-hydrogen) atoms. The van der Waals surface area contributed by atoms with Crippen LogP contribution in [-0.2, 0) is 0 Å². The third kappa shape index (κ3) is 3.67. The van der Waals surface area contributed by atoms with Gasteiger partial charge in [-0.2, -0.15) is 0 Å². The first-order valence-electron chi connectivity index (χ1n) is 6.89. The smallest absolute Gasteiger partial charge is 0.128 e. The molecule has 0 N–H and O–H groups in total. The maximum atomic E-state index is 5.86. The predicted octanol–water partition coefficient (Wildman–Crippen LogP) is 4.27. The van der Waals surface area contributed by atoms with Crippen LogP contribution < -0.4 is 4.74 Å². The molecule has 0 atom stereocenters. The topological polar surface area (TPSA) is 27.1 Å². The Kier molecular flexibility index (Phi) is 5.74. The molecule has 0 unspecified atom stereocenters. The zero-order chi connectivity index (χ0) is 14.2.